The van der Waals surface area contributed by atoms with E-state index in [2.05, 4.69) is 0 Å². The van der Waals surface area contributed by atoms with Gasteiger partial charge in [0.05, 0.1) is 5.41 Å². The molecule has 0 aliphatic heterocycles. The monoisotopic (exact) mass is 165 g/mol. The quantitative estimate of drug-likeness (QED) is 0.630. The van der Waals surface area contributed by atoms with Crippen molar-refractivity contribution in [3.8, 4) is 0 Å². The van der Waals surface area contributed by atoms with Crippen molar-refractivity contribution in [3.05, 3.63) is 24.3 Å². The molecular weight excluding hydrogens is 150 g/mol. The van der Waals surface area contributed by atoms with Crippen LogP contribution in [-0.4, -0.2) is 5.91 Å². The van der Waals surface area contributed by atoms with Gasteiger partial charge in [-0.2, -0.15) is 0 Å². The molecule has 0 saturated carbocycles. The standard InChI is InChI=1S/C10H15NO/c1-9(2)6-4-5-7-10(9,3)8(11)12/h4-7H,1-3H3,(H2,11,12). The fourth-order valence-electron chi connectivity index (χ4n) is 1.33. The molecule has 0 bridgehead atoms. The predicted octanol–water partition coefficient (Wildman–Crippen LogP) is 1.63. The third-order valence-corrected chi connectivity index (χ3v) is 2.90. The second-order valence-corrected chi connectivity index (χ2v) is 4.01. The number of primary amides is 1. The third-order valence-electron chi connectivity index (χ3n) is 2.90. The maximum atomic E-state index is 11.2. The SMILES string of the molecule is CC1(C)C=CC=CC1(C)C(N)=O. The molecule has 2 N–H and O–H groups in total. The zero-order valence-corrected chi connectivity index (χ0v) is 7.79. The molecule has 0 radical (unpaired) electrons. The lowest BCUT2D eigenvalue weighted by molar-refractivity contribution is -0.128. The zero-order valence-electron chi connectivity index (χ0n) is 7.79. The van der Waals surface area contributed by atoms with Gasteiger partial charge in [0, 0.05) is 5.41 Å². The van der Waals surface area contributed by atoms with Crippen molar-refractivity contribution in [1.29, 1.82) is 0 Å². The number of hydrogen-bond acceptors (Lipinski definition) is 1. The Morgan fingerprint density at radius 1 is 1.17 bits per heavy atom. The molecule has 1 amide bonds. The average molecular weight is 165 g/mol. The van der Waals surface area contributed by atoms with Crippen LogP contribution in [0.25, 0.3) is 0 Å². The number of rotatable bonds is 1. The van der Waals surface area contributed by atoms with Crippen LogP contribution >= 0.6 is 0 Å². The summed E-state index contributed by atoms with van der Waals surface area (Å²) in [5, 5.41) is 0. The summed E-state index contributed by atoms with van der Waals surface area (Å²) >= 11 is 0. The summed E-state index contributed by atoms with van der Waals surface area (Å²) in [6.45, 7) is 5.89. The molecule has 1 aliphatic rings. The van der Waals surface area contributed by atoms with Crippen LogP contribution in [0.3, 0.4) is 0 Å². The normalized spacial score (nSPS) is 31.9. The summed E-state index contributed by atoms with van der Waals surface area (Å²) in [5.41, 5.74) is 4.61. The number of allylic oxidation sites excluding steroid dienone is 3. The molecule has 1 atom stereocenters. The van der Waals surface area contributed by atoms with Crippen molar-refractivity contribution in [2.45, 2.75) is 20.8 Å². The van der Waals surface area contributed by atoms with Crippen LogP contribution in [0.4, 0.5) is 0 Å². The van der Waals surface area contributed by atoms with E-state index in [4.69, 9.17) is 5.73 Å². The Morgan fingerprint density at radius 3 is 2.00 bits per heavy atom. The highest BCUT2D eigenvalue weighted by atomic mass is 16.1. The smallest absolute Gasteiger partial charge is 0.228 e. The molecule has 2 heteroatoms. The van der Waals surface area contributed by atoms with Crippen LogP contribution in [0.2, 0.25) is 0 Å². The first-order valence-electron chi connectivity index (χ1n) is 4.07. The highest BCUT2D eigenvalue weighted by Gasteiger charge is 2.43. The zero-order chi connectivity index (χ0) is 9.41. The lowest BCUT2D eigenvalue weighted by Gasteiger charge is -2.39. The molecule has 0 aromatic rings. The van der Waals surface area contributed by atoms with Gasteiger partial charge in [-0.05, 0) is 6.92 Å². The number of carbonyl (C=O) groups excluding carboxylic acids is 1. The van der Waals surface area contributed by atoms with Crippen molar-refractivity contribution in [3.63, 3.8) is 0 Å². The Bertz CT molecular complexity index is 263. The second kappa shape index (κ2) is 2.47. The second-order valence-electron chi connectivity index (χ2n) is 4.01. The molecule has 2 nitrogen and oxygen atoms in total. The van der Waals surface area contributed by atoms with E-state index in [9.17, 15) is 4.79 Å². The van der Waals surface area contributed by atoms with Crippen LogP contribution < -0.4 is 5.73 Å². The Morgan fingerprint density at radius 2 is 1.67 bits per heavy atom. The number of carbonyl (C=O) groups is 1. The Labute approximate surface area is 73.1 Å². The molecule has 1 rings (SSSR count). The molecule has 0 heterocycles. The van der Waals surface area contributed by atoms with Gasteiger partial charge in [0.1, 0.15) is 0 Å². The summed E-state index contributed by atoms with van der Waals surface area (Å²) in [6.07, 6.45) is 7.70. The van der Waals surface area contributed by atoms with E-state index in [1.807, 2.05) is 45.1 Å². The molecule has 1 unspecified atom stereocenters. The van der Waals surface area contributed by atoms with Crippen LogP contribution in [0, 0.1) is 10.8 Å². The fourth-order valence-corrected chi connectivity index (χ4v) is 1.33. The number of hydrogen-bond donors (Lipinski definition) is 1. The van der Waals surface area contributed by atoms with E-state index in [-0.39, 0.29) is 11.3 Å². The maximum absolute atomic E-state index is 11.2. The van der Waals surface area contributed by atoms with E-state index in [1.54, 1.807) is 0 Å². The lowest BCUT2D eigenvalue weighted by atomic mass is 9.64. The van der Waals surface area contributed by atoms with E-state index in [0.717, 1.165) is 0 Å². The first-order chi connectivity index (χ1) is 5.40. The van der Waals surface area contributed by atoms with Gasteiger partial charge in [0.15, 0.2) is 0 Å². The van der Waals surface area contributed by atoms with Crippen molar-refractivity contribution in [2.75, 3.05) is 0 Å². The molecule has 12 heavy (non-hydrogen) atoms. The van der Waals surface area contributed by atoms with Crippen LogP contribution in [0.5, 0.6) is 0 Å². The van der Waals surface area contributed by atoms with E-state index in [0.29, 0.717) is 0 Å². The highest BCUT2D eigenvalue weighted by Crippen LogP contribution is 2.43. The van der Waals surface area contributed by atoms with Crippen molar-refractivity contribution in [1.82, 2.24) is 0 Å². The van der Waals surface area contributed by atoms with Gasteiger partial charge >= 0.3 is 0 Å². The lowest BCUT2D eigenvalue weighted by Crippen LogP contribution is -2.44. The fraction of sp³-hybridized carbons (Fsp3) is 0.500. The molecule has 0 spiro atoms. The molecule has 0 aromatic heterocycles. The molecule has 1 aliphatic carbocycles. The van der Waals surface area contributed by atoms with Gasteiger partial charge in [-0.15, -0.1) is 0 Å². The number of amides is 1. The van der Waals surface area contributed by atoms with E-state index < -0.39 is 5.41 Å². The molecular formula is C10H15NO. The van der Waals surface area contributed by atoms with Gasteiger partial charge in [-0.25, -0.2) is 0 Å². The Kier molecular flexibility index (Phi) is 1.86. The molecule has 66 valence electrons. The topological polar surface area (TPSA) is 43.1 Å². The van der Waals surface area contributed by atoms with Crippen LogP contribution in [-0.2, 0) is 4.79 Å². The van der Waals surface area contributed by atoms with Gasteiger partial charge in [-0.3, -0.25) is 4.79 Å². The molecule has 0 aromatic carbocycles. The largest absolute Gasteiger partial charge is 0.369 e. The van der Waals surface area contributed by atoms with Gasteiger partial charge < -0.3 is 5.73 Å². The Hall–Kier alpha value is -1.05. The van der Waals surface area contributed by atoms with Crippen LogP contribution in [0.15, 0.2) is 24.3 Å². The minimum absolute atomic E-state index is 0.187. The summed E-state index contributed by atoms with van der Waals surface area (Å²) in [4.78, 5) is 11.2. The first-order valence-corrected chi connectivity index (χ1v) is 4.07. The summed E-state index contributed by atoms with van der Waals surface area (Å²) in [6, 6.07) is 0. The minimum Gasteiger partial charge on any atom is -0.369 e. The highest BCUT2D eigenvalue weighted by molar-refractivity contribution is 5.84. The van der Waals surface area contributed by atoms with Crippen molar-refractivity contribution < 1.29 is 4.79 Å². The van der Waals surface area contributed by atoms with Gasteiger partial charge in [0.2, 0.25) is 5.91 Å². The molecule has 0 saturated heterocycles. The van der Waals surface area contributed by atoms with E-state index in [1.165, 1.54) is 0 Å². The van der Waals surface area contributed by atoms with Crippen molar-refractivity contribution >= 4 is 5.91 Å². The Balaban J connectivity index is 3.13. The minimum atomic E-state index is -0.554. The summed E-state index contributed by atoms with van der Waals surface area (Å²) < 4.78 is 0. The molecule has 0 fully saturated rings. The third kappa shape index (κ3) is 1.07. The number of nitrogens with two attached hydrogens (primary N) is 1. The van der Waals surface area contributed by atoms with Gasteiger partial charge in [-0.1, -0.05) is 38.2 Å². The summed E-state index contributed by atoms with van der Waals surface area (Å²) in [5.74, 6) is -0.270. The first kappa shape index (κ1) is 9.04. The average Bonchev–Trinajstić information content (AvgIpc) is 1.95. The van der Waals surface area contributed by atoms with Gasteiger partial charge in [0.25, 0.3) is 0 Å². The van der Waals surface area contributed by atoms with E-state index >= 15 is 0 Å². The summed E-state index contributed by atoms with van der Waals surface area (Å²) in [7, 11) is 0. The predicted molar refractivity (Wildman–Crippen MR) is 49.4 cm³/mol. The van der Waals surface area contributed by atoms with Crippen LogP contribution in [0.1, 0.15) is 20.8 Å². The maximum Gasteiger partial charge on any atom is 0.228 e. The van der Waals surface area contributed by atoms with Crippen molar-refractivity contribution in [2.24, 2.45) is 16.6 Å².